The summed E-state index contributed by atoms with van der Waals surface area (Å²) in [5.74, 6) is 1.15. The molecule has 0 radical (unpaired) electrons. The molecular weight excluding hydrogens is 354 g/mol. The van der Waals surface area contributed by atoms with Gasteiger partial charge in [0.25, 0.3) is 0 Å². The van der Waals surface area contributed by atoms with Gasteiger partial charge in [-0.2, -0.15) is 0 Å². The molecule has 1 saturated heterocycles. The fourth-order valence-electron chi connectivity index (χ4n) is 3.64. The molecule has 1 aliphatic heterocycles. The fourth-order valence-corrected chi connectivity index (χ4v) is 3.77. The predicted octanol–water partition coefficient (Wildman–Crippen LogP) is 3.03. The maximum absolute atomic E-state index is 12.0. The van der Waals surface area contributed by atoms with E-state index in [1.165, 1.54) is 0 Å². The van der Waals surface area contributed by atoms with Crippen LogP contribution in [0.1, 0.15) is 49.4 Å². The van der Waals surface area contributed by atoms with Gasteiger partial charge in [-0.1, -0.05) is 30.2 Å². The van der Waals surface area contributed by atoms with Crippen LogP contribution in [0.25, 0.3) is 0 Å². The third kappa shape index (κ3) is 3.48. The summed E-state index contributed by atoms with van der Waals surface area (Å²) in [5, 5.41) is 12.1. The van der Waals surface area contributed by atoms with Crippen LogP contribution in [0, 0.1) is 0 Å². The Bertz CT molecular complexity index is 765. The van der Waals surface area contributed by atoms with Crippen molar-refractivity contribution in [1.29, 1.82) is 0 Å². The molecule has 6 nitrogen and oxygen atoms in total. The molecule has 2 aromatic rings. The van der Waals surface area contributed by atoms with Crippen LogP contribution in [0.4, 0.5) is 0 Å². The van der Waals surface area contributed by atoms with Gasteiger partial charge in [0.1, 0.15) is 0 Å². The van der Waals surface area contributed by atoms with Gasteiger partial charge in [-0.25, -0.2) is 0 Å². The minimum atomic E-state index is -0.209. The number of nitrogens with one attached hydrogen (secondary N) is 1. The largest absolute Gasteiger partial charge is 0.424 e. The van der Waals surface area contributed by atoms with Gasteiger partial charge < -0.3 is 14.5 Å². The van der Waals surface area contributed by atoms with Crippen LogP contribution < -0.4 is 5.32 Å². The summed E-state index contributed by atoms with van der Waals surface area (Å²) in [6.45, 7) is 1.31. The monoisotopic (exact) mass is 375 g/mol. The molecule has 1 amide bonds. The van der Waals surface area contributed by atoms with E-state index >= 15 is 0 Å². The Balaban J connectivity index is 1.40. The number of hydrogen-bond acceptors (Lipinski definition) is 5. The van der Waals surface area contributed by atoms with E-state index in [9.17, 15) is 4.79 Å². The molecule has 1 atom stereocenters. The van der Waals surface area contributed by atoms with Gasteiger partial charge >= 0.3 is 0 Å². The summed E-state index contributed by atoms with van der Waals surface area (Å²) in [6, 6.07) is 7.98. The van der Waals surface area contributed by atoms with Gasteiger partial charge in [-0.3, -0.25) is 4.79 Å². The number of hydrogen-bond donors (Lipinski definition) is 1. The lowest BCUT2D eigenvalue weighted by molar-refractivity contribution is -0.121. The topological polar surface area (TPSA) is 77.2 Å². The lowest BCUT2D eigenvalue weighted by atomic mass is 9.64. The van der Waals surface area contributed by atoms with Gasteiger partial charge in [0.15, 0.2) is 0 Å². The van der Waals surface area contributed by atoms with E-state index in [0.717, 1.165) is 31.2 Å². The first kappa shape index (κ1) is 17.5. The Kier molecular flexibility index (Phi) is 4.96. The maximum Gasteiger partial charge on any atom is 0.227 e. The summed E-state index contributed by atoms with van der Waals surface area (Å²) in [7, 11) is 0. The number of halogens is 1. The van der Waals surface area contributed by atoms with Crippen molar-refractivity contribution in [3.63, 3.8) is 0 Å². The molecule has 1 N–H and O–H groups in total. The van der Waals surface area contributed by atoms with Crippen molar-refractivity contribution in [1.82, 2.24) is 15.5 Å². The quantitative estimate of drug-likeness (QED) is 0.839. The van der Waals surface area contributed by atoms with Crippen molar-refractivity contribution in [3.8, 4) is 0 Å². The van der Waals surface area contributed by atoms with E-state index in [0.29, 0.717) is 42.9 Å². The molecular formula is C19H22ClN3O3. The van der Waals surface area contributed by atoms with Crippen molar-refractivity contribution in [3.05, 3.63) is 46.6 Å². The standard InChI is InChI=1S/C19H22ClN3O3/c20-14-4-2-13(3-5-14)19(9-1-10-19)18-23-22-17(26-18)7-6-16(24)21-15-8-11-25-12-15/h2-5,15H,1,6-12H2,(H,21,24). The first-order valence-electron chi connectivity index (χ1n) is 9.12. The SMILES string of the molecule is O=C(CCc1nnc(C2(c3ccc(Cl)cc3)CCC2)o1)NC1CCOC1. The number of nitrogens with zero attached hydrogens (tertiary/aromatic N) is 2. The normalized spacial score (nSPS) is 21.3. The van der Waals surface area contributed by atoms with Gasteiger partial charge in [-0.15, -0.1) is 10.2 Å². The highest BCUT2D eigenvalue weighted by Crippen LogP contribution is 2.48. The first-order chi connectivity index (χ1) is 12.7. The highest BCUT2D eigenvalue weighted by atomic mass is 35.5. The number of ether oxygens (including phenoxy) is 1. The maximum atomic E-state index is 12.0. The van der Waals surface area contributed by atoms with Crippen molar-refractivity contribution in [2.75, 3.05) is 13.2 Å². The lowest BCUT2D eigenvalue weighted by Crippen LogP contribution is -2.35. The average molecular weight is 376 g/mol. The third-order valence-electron chi connectivity index (χ3n) is 5.34. The molecule has 7 heteroatoms. The number of amides is 1. The van der Waals surface area contributed by atoms with Crippen LogP contribution in [0.2, 0.25) is 5.02 Å². The molecule has 1 saturated carbocycles. The van der Waals surface area contributed by atoms with Crippen LogP contribution in [0.15, 0.2) is 28.7 Å². The van der Waals surface area contributed by atoms with E-state index in [1.807, 2.05) is 24.3 Å². The molecule has 26 heavy (non-hydrogen) atoms. The second-order valence-corrected chi connectivity index (χ2v) is 7.51. The Morgan fingerprint density at radius 1 is 1.27 bits per heavy atom. The molecule has 138 valence electrons. The zero-order valence-electron chi connectivity index (χ0n) is 14.5. The van der Waals surface area contributed by atoms with Crippen LogP contribution in [0.5, 0.6) is 0 Å². The summed E-state index contributed by atoms with van der Waals surface area (Å²) in [5.41, 5.74) is 0.946. The van der Waals surface area contributed by atoms with E-state index < -0.39 is 0 Å². The number of aromatic nitrogens is 2. The zero-order chi connectivity index (χ0) is 18.0. The molecule has 0 spiro atoms. The fraction of sp³-hybridized carbons (Fsp3) is 0.526. The number of carbonyl (C=O) groups is 1. The van der Waals surface area contributed by atoms with Gasteiger partial charge in [0.05, 0.1) is 18.1 Å². The average Bonchev–Trinajstić information content (AvgIpc) is 3.26. The Labute approximate surface area is 157 Å². The van der Waals surface area contributed by atoms with Gasteiger partial charge in [-0.05, 0) is 37.0 Å². The Morgan fingerprint density at radius 2 is 2.08 bits per heavy atom. The minimum absolute atomic E-state index is 0.00342. The first-order valence-corrected chi connectivity index (χ1v) is 9.49. The number of aryl methyl sites for hydroxylation is 1. The second kappa shape index (κ2) is 7.37. The predicted molar refractivity (Wildman–Crippen MR) is 96.1 cm³/mol. The van der Waals surface area contributed by atoms with Crippen molar-refractivity contribution < 1.29 is 13.9 Å². The zero-order valence-corrected chi connectivity index (χ0v) is 15.3. The van der Waals surface area contributed by atoms with E-state index in [-0.39, 0.29) is 17.4 Å². The summed E-state index contributed by atoms with van der Waals surface area (Å²) >= 11 is 6.01. The molecule has 1 aromatic heterocycles. The van der Waals surface area contributed by atoms with Crippen LogP contribution in [-0.4, -0.2) is 35.4 Å². The van der Waals surface area contributed by atoms with Gasteiger partial charge in [0.2, 0.25) is 17.7 Å². The molecule has 2 heterocycles. The molecule has 1 aromatic carbocycles. The van der Waals surface area contributed by atoms with Crippen molar-refractivity contribution in [2.24, 2.45) is 0 Å². The summed E-state index contributed by atoms with van der Waals surface area (Å²) < 4.78 is 11.2. The number of benzene rings is 1. The second-order valence-electron chi connectivity index (χ2n) is 7.07. The molecule has 0 bridgehead atoms. The lowest BCUT2D eigenvalue weighted by Gasteiger charge is -2.39. The summed E-state index contributed by atoms with van der Waals surface area (Å²) in [6.07, 6.45) is 4.76. The van der Waals surface area contributed by atoms with E-state index in [4.69, 9.17) is 20.8 Å². The molecule has 2 aliphatic rings. The minimum Gasteiger partial charge on any atom is -0.424 e. The highest BCUT2D eigenvalue weighted by molar-refractivity contribution is 6.30. The number of rotatable bonds is 6. The third-order valence-corrected chi connectivity index (χ3v) is 5.59. The van der Waals surface area contributed by atoms with Crippen LogP contribution >= 0.6 is 11.6 Å². The molecule has 4 rings (SSSR count). The smallest absolute Gasteiger partial charge is 0.227 e. The molecule has 2 fully saturated rings. The van der Waals surface area contributed by atoms with E-state index in [2.05, 4.69) is 15.5 Å². The molecule has 1 unspecified atom stereocenters. The van der Waals surface area contributed by atoms with Crippen molar-refractivity contribution in [2.45, 2.75) is 50.0 Å². The van der Waals surface area contributed by atoms with Crippen LogP contribution in [0.3, 0.4) is 0 Å². The van der Waals surface area contributed by atoms with Gasteiger partial charge in [0, 0.05) is 24.5 Å². The highest BCUT2D eigenvalue weighted by Gasteiger charge is 2.45. The Hall–Kier alpha value is -1.92. The summed E-state index contributed by atoms with van der Waals surface area (Å²) in [4.78, 5) is 12.0. The number of carbonyl (C=O) groups excluding carboxylic acids is 1. The van der Waals surface area contributed by atoms with Crippen molar-refractivity contribution >= 4 is 17.5 Å². The van der Waals surface area contributed by atoms with Crippen LogP contribution in [-0.2, 0) is 21.4 Å². The molecule has 1 aliphatic carbocycles. The van der Waals surface area contributed by atoms with E-state index in [1.54, 1.807) is 0 Å². The Morgan fingerprint density at radius 3 is 2.73 bits per heavy atom.